The van der Waals surface area contributed by atoms with E-state index in [2.05, 4.69) is 29.6 Å². The van der Waals surface area contributed by atoms with Crippen molar-refractivity contribution in [2.45, 2.75) is 0 Å². The van der Waals surface area contributed by atoms with E-state index in [1.54, 1.807) is 7.05 Å². The Balaban J connectivity index is 2.34. The maximum absolute atomic E-state index is 4.11. The Hall–Kier alpha value is -1.76. The van der Waals surface area contributed by atoms with Gasteiger partial charge in [-0.15, -0.1) is 0 Å². The summed E-state index contributed by atoms with van der Waals surface area (Å²) in [5.74, 6) is 0. The molecule has 2 aromatic carbocycles. The second-order valence-corrected chi connectivity index (χ2v) is 3.14. The van der Waals surface area contributed by atoms with E-state index in [1.165, 1.54) is 11.1 Å². The Kier molecular flexibility index (Phi) is 2.50. The lowest BCUT2D eigenvalue weighted by Gasteiger charge is -2.02. The molecule has 1 nitrogen and oxygen atoms in total. The summed E-state index contributed by atoms with van der Waals surface area (Å²) in [4.78, 5) is 0. The lowest BCUT2D eigenvalue weighted by molar-refractivity contribution is 1.09. The molecule has 0 spiro atoms. The van der Waals surface area contributed by atoms with Crippen molar-refractivity contribution >= 4 is 5.69 Å². The van der Waals surface area contributed by atoms with Crippen LogP contribution in [0.5, 0.6) is 0 Å². The van der Waals surface area contributed by atoms with Crippen LogP contribution in [0.4, 0.5) is 5.69 Å². The number of hydrogen-bond donors (Lipinski definition) is 0. The van der Waals surface area contributed by atoms with Gasteiger partial charge in [-0.3, -0.25) is 5.32 Å². The molecular formula is C13H12N. The number of hydrogen-bond acceptors (Lipinski definition) is 0. The van der Waals surface area contributed by atoms with E-state index < -0.39 is 0 Å². The third-order valence-electron chi connectivity index (χ3n) is 2.23. The van der Waals surface area contributed by atoms with Gasteiger partial charge in [0, 0.05) is 7.05 Å². The molecule has 0 bridgehead atoms. The fraction of sp³-hybridized carbons (Fsp3) is 0.0769. The average Bonchev–Trinajstić information content (AvgIpc) is 2.30. The summed E-state index contributed by atoms with van der Waals surface area (Å²) in [7, 11) is 1.80. The molecule has 14 heavy (non-hydrogen) atoms. The quantitative estimate of drug-likeness (QED) is 0.677. The molecule has 0 aliphatic rings. The number of rotatable bonds is 2. The van der Waals surface area contributed by atoms with E-state index in [0.717, 1.165) is 5.69 Å². The van der Waals surface area contributed by atoms with E-state index in [1.807, 2.05) is 30.3 Å². The molecule has 0 unspecified atom stereocenters. The Labute approximate surface area is 84.4 Å². The Morgan fingerprint density at radius 1 is 0.714 bits per heavy atom. The number of benzene rings is 2. The summed E-state index contributed by atoms with van der Waals surface area (Å²) < 4.78 is 0. The first-order valence-corrected chi connectivity index (χ1v) is 4.65. The van der Waals surface area contributed by atoms with Gasteiger partial charge in [-0.05, 0) is 23.3 Å². The molecular weight excluding hydrogens is 170 g/mol. The van der Waals surface area contributed by atoms with Gasteiger partial charge in [0.2, 0.25) is 0 Å². The zero-order valence-corrected chi connectivity index (χ0v) is 8.14. The van der Waals surface area contributed by atoms with Gasteiger partial charge in [-0.2, -0.15) is 0 Å². The van der Waals surface area contributed by atoms with Crippen LogP contribution < -0.4 is 5.32 Å². The minimum Gasteiger partial charge on any atom is -0.289 e. The Bertz CT molecular complexity index is 389. The standard InChI is InChI=1S/C13H12N/c1-14-13-9-7-12(8-10-13)11-5-3-2-4-6-11/h2-10H,1H3. The molecule has 1 heteroatoms. The average molecular weight is 182 g/mol. The highest BCUT2D eigenvalue weighted by Crippen LogP contribution is 2.20. The highest BCUT2D eigenvalue weighted by molar-refractivity contribution is 5.64. The van der Waals surface area contributed by atoms with Crippen molar-refractivity contribution in [3.8, 4) is 11.1 Å². The summed E-state index contributed by atoms with van der Waals surface area (Å²) in [6.45, 7) is 0. The molecule has 1 radical (unpaired) electrons. The number of nitrogens with zero attached hydrogens (tertiary/aromatic N) is 1. The molecule has 0 heterocycles. The van der Waals surface area contributed by atoms with Crippen molar-refractivity contribution in [1.29, 1.82) is 0 Å². The first-order valence-electron chi connectivity index (χ1n) is 4.65. The molecule has 0 aromatic heterocycles. The van der Waals surface area contributed by atoms with Crippen LogP contribution in [0.2, 0.25) is 0 Å². The molecule has 2 aromatic rings. The van der Waals surface area contributed by atoms with Crippen molar-refractivity contribution < 1.29 is 0 Å². The van der Waals surface area contributed by atoms with E-state index in [-0.39, 0.29) is 0 Å². The lowest BCUT2D eigenvalue weighted by atomic mass is 10.1. The predicted molar refractivity (Wildman–Crippen MR) is 59.6 cm³/mol. The first-order chi connectivity index (χ1) is 6.90. The van der Waals surface area contributed by atoms with E-state index >= 15 is 0 Å². The first kappa shape index (κ1) is 8.82. The van der Waals surface area contributed by atoms with Crippen LogP contribution in [0.15, 0.2) is 54.6 Å². The molecule has 2 rings (SSSR count). The SMILES string of the molecule is C[N]c1ccc(-c2ccccc2)cc1. The molecule has 0 fully saturated rings. The van der Waals surface area contributed by atoms with Gasteiger partial charge in [0.05, 0.1) is 5.69 Å². The van der Waals surface area contributed by atoms with Gasteiger partial charge >= 0.3 is 0 Å². The molecule has 0 aliphatic heterocycles. The second-order valence-electron chi connectivity index (χ2n) is 3.14. The smallest absolute Gasteiger partial charge is 0.0571 e. The zero-order chi connectivity index (χ0) is 9.80. The highest BCUT2D eigenvalue weighted by Gasteiger charge is 1.95. The second kappa shape index (κ2) is 3.97. The molecule has 0 amide bonds. The van der Waals surface area contributed by atoms with E-state index in [0.29, 0.717) is 0 Å². The molecule has 0 saturated heterocycles. The van der Waals surface area contributed by atoms with Crippen LogP contribution in [0.3, 0.4) is 0 Å². The van der Waals surface area contributed by atoms with Crippen LogP contribution in [0.25, 0.3) is 11.1 Å². The maximum atomic E-state index is 4.11. The normalized spacial score (nSPS) is 9.79. The van der Waals surface area contributed by atoms with Crippen LogP contribution in [0.1, 0.15) is 0 Å². The molecule has 0 atom stereocenters. The van der Waals surface area contributed by atoms with Crippen molar-refractivity contribution in [2.24, 2.45) is 0 Å². The highest BCUT2D eigenvalue weighted by atomic mass is 14.8. The monoisotopic (exact) mass is 182 g/mol. The zero-order valence-electron chi connectivity index (χ0n) is 8.14. The Morgan fingerprint density at radius 2 is 1.29 bits per heavy atom. The van der Waals surface area contributed by atoms with Crippen LogP contribution in [0, 0.1) is 0 Å². The van der Waals surface area contributed by atoms with Crippen molar-refractivity contribution in [3.05, 3.63) is 54.6 Å². The fourth-order valence-corrected chi connectivity index (χ4v) is 1.43. The van der Waals surface area contributed by atoms with Gasteiger partial charge in [0.1, 0.15) is 0 Å². The molecule has 0 aliphatic carbocycles. The largest absolute Gasteiger partial charge is 0.289 e. The summed E-state index contributed by atoms with van der Waals surface area (Å²) in [5, 5.41) is 4.11. The lowest BCUT2D eigenvalue weighted by Crippen LogP contribution is -1.85. The van der Waals surface area contributed by atoms with E-state index in [9.17, 15) is 0 Å². The van der Waals surface area contributed by atoms with Gasteiger partial charge in [-0.1, -0.05) is 42.5 Å². The van der Waals surface area contributed by atoms with Crippen molar-refractivity contribution in [2.75, 3.05) is 7.05 Å². The summed E-state index contributed by atoms with van der Waals surface area (Å²) >= 11 is 0. The summed E-state index contributed by atoms with van der Waals surface area (Å²) in [6, 6.07) is 18.6. The van der Waals surface area contributed by atoms with Crippen molar-refractivity contribution in [1.82, 2.24) is 5.32 Å². The van der Waals surface area contributed by atoms with Crippen LogP contribution in [-0.2, 0) is 0 Å². The molecule has 0 N–H and O–H groups in total. The fourth-order valence-electron chi connectivity index (χ4n) is 1.43. The van der Waals surface area contributed by atoms with Crippen molar-refractivity contribution in [3.63, 3.8) is 0 Å². The summed E-state index contributed by atoms with van der Waals surface area (Å²) in [6.07, 6.45) is 0. The maximum Gasteiger partial charge on any atom is 0.0571 e. The summed E-state index contributed by atoms with van der Waals surface area (Å²) in [5.41, 5.74) is 3.50. The topological polar surface area (TPSA) is 14.1 Å². The van der Waals surface area contributed by atoms with Gasteiger partial charge < -0.3 is 0 Å². The third kappa shape index (κ3) is 1.77. The van der Waals surface area contributed by atoms with Gasteiger partial charge in [0.15, 0.2) is 0 Å². The molecule has 69 valence electrons. The van der Waals surface area contributed by atoms with Crippen LogP contribution >= 0.6 is 0 Å². The van der Waals surface area contributed by atoms with Gasteiger partial charge in [-0.25, -0.2) is 0 Å². The molecule has 0 saturated carbocycles. The minimum absolute atomic E-state index is 1.02. The Morgan fingerprint density at radius 3 is 1.86 bits per heavy atom. The predicted octanol–water partition coefficient (Wildman–Crippen LogP) is 3.22. The van der Waals surface area contributed by atoms with E-state index in [4.69, 9.17) is 0 Å². The van der Waals surface area contributed by atoms with Gasteiger partial charge in [0.25, 0.3) is 0 Å². The minimum atomic E-state index is 1.02. The van der Waals surface area contributed by atoms with Crippen LogP contribution in [-0.4, -0.2) is 7.05 Å². The third-order valence-corrected chi connectivity index (χ3v) is 2.23.